The molecule has 0 radical (unpaired) electrons. The van der Waals surface area contributed by atoms with Crippen LogP contribution in [-0.4, -0.2) is 61.9 Å². The lowest BCUT2D eigenvalue weighted by atomic mass is 10.2. The predicted molar refractivity (Wildman–Crippen MR) is 59.2 cm³/mol. The third-order valence-electron chi connectivity index (χ3n) is 2.41. The molecule has 0 aromatic heterocycles. The number of likely N-dealkylation sites (N-methyl/N-ethyl adjacent to an activating group) is 1. The lowest BCUT2D eigenvalue weighted by Crippen LogP contribution is -2.42. The fraction of sp³-hybridized carbons (Fsp3) is 0.889. The topological polar surface area (TPSA) is 61.8 Å². The summed E-state index contributed by atoms with van der Waals surface area (Å²) in [6.45, 7) is 1.63. The van der Waals surface area contributed by atoms with Gasteiger partial charge in [-0.05, 0) is 6.42 Å². The molecule has 90 valence electrons. The maximum atomic E-state index is 11.7. The molecule has 0 unspecified atom stereocenters. The molecule has 0 aromatic carbocycles. The minimum atomic E-state index is -0.389. The Kier molecular flexibility index (Phi) is 6.84. The second-order valence-corrected chi connectivity index (χ2v) is 3.60. The van der Waals surface area contributed by atoms with E-state index < -0.39 is 0 Å². The number of nitrogens with zero attached hydrogens (tertiary/aromatic N) is 1. The normalized spacial score (nSPS) is 24.7. The van der Waals surface area contributed by atoms with Gasteiger partial charge < -0.3 is 20.1 Å². The molecule has 6 heteroatoms. The van der Waals surface area contributed by atoms with E-state index in [4.69, 9.17) is 4.74 Å². The van der Waals surface area contributed by atoms with Crippen molar-refractivity contribution in [3.05, 3.63) is 0 Å². The molecule has 1 amide bonds. The van der Waals surface area contributed by atoms with E-state index in [1.807, 2.05) is 0 Å². The van der Waals surface area contributed by atoms with E-state index in [9.17, 15) is 9.90 Å². The van der Waals surface area contributed by atoms with Gasteiger partial charge in [-0.1, -0.05) is 0 Å². The first-order valence-electron chi connectivity index (χ1n) is 4.80. The summed E-state index contributed by atoms with van der Waals surface area (Å²) in [6, 6.07) is -0.230. The Morgan fingerprint density at radius 3 is 2.80 bits per heavy atom. The Morgan fingerprint density at radius 1 is 1.67 bits per heavy atom. The van der Waals surface area contributed by atoms with Gasteiger partial charge in [0.05, 0.1) is 18.8 Å². The van der Waals surface area contributed by atoms with Crippen LogP contribution >= 0.6 is 12.4 Å². The number of amides is 1. The number of ether oxygens (including phenoxy) is 1. The van der Waals surface area contributed by atoms with Crippen LogP contribution in [0.5, 0.6) is 0 Å². The maximum Gasteiger partial charge on any atom is 0.239 e. The maximum absolute atomic E-state index is 11.7. The highest BCUT2D eigenvalue weighted by Gasteiger charge is 2.29. The van der Waals surface area contributed by atoms with Crippen LogP contribution in [0, 0.1) is 0 Å². The van der Waals surface area contributed by atoms with E-state index >= 15 is 0 Å². The molecular weight excluding hydrogens is 220 g/mol. The van der Waals surface area contributed by atoms with Crippen molar-refractivity contribution < 1.29 is 14.6 Å². The zero-order valence-electron chi connectivity index (χ0n) is 9.10. The first-order chi connectivity index (χ1) is 6.65. The molecule has 1 heterocycles. The van der Waals surface area contributed by atoms with Gasteiger partial charge in [0.15, 0.2) is 0 Å². The van der Waals surface area contributed by atoms with E-state index in [0.717, 1.165) is 0 Å². The smallest absolute Gasteiger partial charge is 0.239 e. The quantitative estimate of drug-likeness (QED) is 0.676. The number of hydrogen-bond donors (Lipinski definition) is 2. The van der Waals surface area contributed by atoms with Crippen molar-refractivity contribution in [3.8, 4) is 0 Å². The molecule has 0 saturated carbocycles. The van der Waals surface area contributed by atoms with Crippen molar-refractivity contribution in [2.24, 2.45) is 0 Å². The molecule has 2 N–H and O–H groups in total. The molecule has 0 aromatic rings. The first kappa shape index (κ1) is 14.6. The van der Waals surface area contributed by atoms with Crippen molar-refractivity contribution in [1.82, 2.24) is 10.2 Å². The van der Waals surface area contributed by atoms with Crippen LogP contribution in [0.25, 0.3) is 0 Å². The average Bonchev–Trinajstić information content (AvgIpc) is 2.60. The van der Waals surface area contributed by atoms with Gasteiger partial charge in [0, 0.05) is 27.2 Å². The minimum absolute atomic E-state index is 0. The Hall–Kier alpha value is -0.360. The van der Waals surface area contributed by atoms with Gasteiger partial charge in [0.1, 0.15) is 0 Å². The van der Waals surface area contributed by atoms with Crippen molar-refractivity contribution in [1.29, 1.82) is 0 Å². The Balaban J connectivity index is 0.00000196. The summed E-state index contributed by atoms with van der Waals surface area (Å²) >= 11 is 0. The van der Waals surface area contributed by atoms with Crippen molar-refractivity contribution in [2.75, 3.05) is 33.9 Å². The van der Waals surface area contributed by atoms with E-state index in [1.165, 1.54) is 0 Å². The van der Waals surface area contributed by atoms with Crippen molar-refractivity contribution in [2.45, 2.75) is 18.6 Å². The molecule has 1 aliphatic rings. The lowest BCUT2D eigenvalue weighted by Gasteiger charge is -2.20. The van der Waals surface area contributed by atoms with Crippen LogP contribution in [0.3, 0.4) is 0 Å². The summed E-state index contributed by atoms with van der Waals surface area (Å²) in [5.41, 5.74) is 0. The van der Waals surface area contributed by atoms with Crippen LogP contribution < -0.4 is 5.32 Å². The van der Waals surface area contributed by atoms with Gasteiger partial charge in [0.2, 0.25) is 5.91 Å². The fourth-order valence-electron chi connectivity index (χ4n) is 1.51. The Bertz CT molecular complexity index is 204. The molecule has 15 heavy (non-hydrogen) atoms. The largest absolute Gasteiger partial charge is 0.392 e. The molecule has 1 rings (SSSR count). The van der Waals surface area contributed by atoms with Crippen molar-refractivity contribution in [3.63, 3.8) is 0 Å². The number of halogens is 1. The van der Waals surface area contributed by atoms with Crippen LogP contribution in [0.1, 0.15) is 6.42 Å². The van der Waals surface area contributed by atoms with E-state index in [0.29, 0.717) is 26.1 Å². The second-order valence-electron chi connectivity index (χ2n) is 3.60. The summed E-state index contributed by atoms with van der Waals surface area (Å²) in [5, 5.41) is 12.2. The second kappa shape index (κ2) is 7.00. The van der Waals surface area contributed by atoms with E-state index in [-0.39, 0.29) is 30.5 Å². The zero-order valence-corrected chi connectivity index (χ0v) is 9.92. The summed E-state index contributed by atoms with van der Waals surface area (Å²) in [6.07, 6.45) is 0.121. The average molecular weight is 239 g/mol. The molecule has 0 aliphatic carbocycles. The molecule has 1 fully saturated rings. The standard InChI is InChI=1S/C9H18N2O3.ClH/c1-11(3-4-14-2)9(13)8-5-7(12)6-10-8;/h7-8,10,12H,3-6H2,1-2H3;1H/t7-,8-;/m1./s1. The number of β-amino-alcohol motifs (C(OH)–C–C–N with tert-alkyl or cyclic N) is 1. The van der Waals surface area contributed by atoms with Crippen LogP contribution in [0.4, 0.5) is 0 Å². The highest BCUT2D eigenvalue weighted by molar-refractivity contribution is 5.85. The molecule has 2 atom stereocenters. The molecular formula is C9H19ClN2O3. The van der Waals surface area contributed by atoms with E-state index in [1.54, 1.807) is 19.1 Å². The summed E-state index contributed by atoms with van der Waals surface area (Å²) < 4.78 is 4.88. The highest BCUT2D eigenvalue weighted by Crippen LogP contribution is 2.08. The predicted octanol–water partition coefficient (Wildman–Crippen LogP) is -0.764. The summed E-state index contributed by atoms with van der Waals surface area (Å²) in [7, 11) is 3.35. The van der Waals surface area contributed by atoms with Gasteiger partial charge in [-0.3, -0.25) is 4.79 Å². The van der Waals surface area contributed by atoms with Crippen LogP contribution in [-0.2, 0) is 9.53 Å². The Labute approximate surface area is 96.2 Å². The number of aliphatic hydroxyl groups excluding tert-OH is 1. The molecule has 1 saturated heterocycles. The number of methoxy groups -OCH3 is 1. The monoisotopic (exact) mass is 238 g/mol. The first-order valence-corrected chi connectivity index (χ1v) is 4.80. The number of rotatable bonds is 4. The lowest BCUT2D eigenvalue weighted by molar-refractivity contribution is -0.132. The molecule has 5 nitrogen and oxygen atoms in total. The number of nitrogens with one attached hydrogen (secondary N) is 1. The number of carbonyl (C=O) groups excluding carboxylic acids is 1. The number of carbonyl (C=O) groups is 1. The third-order valence-corrected chi connectivity index (χ3v) is 2.41. The third kappa shape index (κ3) is 4.34. The van der Waals surface area contributed by atoms with Gasteiger partial charge in [-0.15, -0.1) is 12.4 Å². The highest BCUT2D eigenvalue weighted by atomic mass is 35.5. The minimum Gasteiger partial charge on any atom is -0.392 e. The summed E-state index contributed by atoms with van der Waals surface area (Å²) in [4.78, 5) is 13.3. The van der Waals surface area contributed by atoms with Crippen molar-refractivity contribution >= 4 is 18.3 Å². The fourth-order valence-corrected chi connectivity index (χ4v) is 1.51. The van der Waals surface area contributed by atoms with E-state index in [2.05, 4.69) is 5.32 Å². The zero-order chi connectivity index (χ0) is 10.6. The van der Waals surface area contributed by atoms with Gasteiger partial charge >= 0.3 is 0 Å². The van der Waals surface area contributed by atoms with Gasteiger partial charge in [0.25, 0.3) is 0 Å². The molecule has 0 spiro atoms. The van der Waals surface area contributed by atoms with Gasteiger partial charge in [-0.2, -0.15) is 0 Å². The van der Waals surface area contributed by atoms with Gasteiger partial charge in [-0.25, -0.2) is 0 Å². The molecule has 1 aliphatic heterocycles. The number of aliphatic hydroxyl groups is 1. The van der Waals surface area contributed by atoms with Crippen LogP contribution in [0.15, 0.2) is 0 Å². The summed E-state index contributed by atoms with van der Waals surface area (Å²) in [5.74, 6) is 0.0265. The van der Waals surface area contributed by atoms with Crippen LogP contribution in [0.2, 0.25) is 0 Å². The number of hydrogen-bond acceptors (Lipinski definition) is 4. The molecule has 0 bridgehead atoms. The Morgan fingerprint density at radius 2 is 2.33 bits per heavy atom. The SMILES string of the molecule is COCCN(C)C(=O)[C@H]1C[C@@H](O)CN1.Cl.